The highest BCUT2D eigenvalue weighted by Crippen LogP contribution is 1.99. The molecule has 0 saturated carbocycles. The van der Waals surface area contributed by atoms with Crippen molar-refractivity contribution in [2.45, 2.75) is 51.1 Å². The fourth-order valence-electron chi connectivity index (χ4n) is 1.52. The third-order valence-electron chi connectivity index (χ3n) is 2.83. The van der Waals surface area contributed by atoms with Gasteiger partial charge < -0.3 is 32.9 Å². The SMILES string of the molecule is C[C@H](N)C(=O)N[C@@H](CCCNC(N)N)C(=O)N[C@@H](C)C(=O)O. The molecule has 0 aromatic heterocycles. The number of hydrogen-bond acceptors (Lipinski definition) is 7. The van der Waals surface area contributed by atoms with Gasteiger partial charge >= 0.3 is 5.97 Å². The molecule has 0 bridgehead atoms. The molecule has 0 rings (SSSR count). The summed E-state index contributed by atoms with van der Waals surface area (Å²) in [6.07, 6.45) is 0.123. The number of nitrogens with one attached hydrogen (secondary N) is 3. The average Bonchev–Trinajstić information content (AvgIpc) is 2.40. The molecular formula is C12H26N6O4. The van der Waals surface area contributed by atoms with Gasteiger partial charge in [-0.2, -0.15) is 0 Å². The van der Waals surface area contributed by atoms with E-state index in [1.165, 1.54) is 13.8 Å². The van der Waals surface area contributed by atoms with Crippen molar-refractivity contribution in [3.63, 3.8) is 0 Å². The van der Waals surface area contributed by atoms with E-state index in [-0.39, 0.29) is 6.42 Å². The van der Waals surface area contributed by atoms with Crippen LogP contribution in [0.2, 0.25) is 0 Å². The number of aliphatic carboxylic acids is 1. The van der Waals surface area contributed by atoms with Gasteiger partial charge in [-0.05, 0) is 33.2 Å². The minimum Gasteiger partial charge on any atom is -0.480 e. The van der Waals surface area contributed by atoms with E-state index < -0.39 is 42.2 Å². The first kappa shape index (κ1) is 20.2. The highest BCUT2D eigenvalue weighted by atomic mass is 16.4. The molecule has 10 heteroatoms. The molecular weight excluding hydrogens is 292 g/mol. The summed E-state index contributed by atoms with van der Waals surface area (Å²) in [7, 11) is 0. The van der Waals surface area contributed by atoms with Gasteiger partial charge in [-0.15, -0.1) is 0 Å². The second-order valence-electron chi connectivity index (χ2n) is 5.04. The predicted octanol–water partition coefficient (Wildman–Crippen LogP) is -3.02. The molecule has 22 heavy (non-hydrogen) atoms. The predicted molar refractivity (Wildman–Crippen MR) is 80.2 cm³/mol. The smallest absolute Gasteiger partial charge is 0.325 e. The quantitative estimate of drug-likeness (QED) is 0.164. The van der Waals surface area contributed by atoms with E-state index in [2.05, 4.69) is 16.0 Å². The van der Waals surface area contributed by atoms with Crippen LogP contribution in [0, 0.1) is 0 Å². The maximum atomic E-state index is 12.0. The van der Waals surface area contributed by atoms with Gasteiger partial charge in [0.2, 0.25) is 11.8 Å². The van der Waals surface area contributed by atoms with Crippen LogP contribution in [0.25, 0.3) is 0 Å². The Balaban J connectivity index is 4.59. The standard InChI is InChI=1S/C12H26N6O4/c1-6(13)9(19)18-8(4-3-5-16-12(14)15)10(20)17-7(2)11(21)22/h6-8,12,16H,3-5,13-15H2,1-2H3,(H,17,20)(H,18,19)(H,21,22)/t6-,7-,8-/m0/s1. The van der Waals surface area contributed by atoms with Gasteiger partial charge in [0.05, 0.1) is 6.04 Å². The normalized spacial score (nSPS) is 15.0. The van der Waals surface area contributed by atoms with Crippen molar-refractivity contribution in [3.8, 4) is 0 Å². The maximum Gasteiger partial charge on any atom is 0.325 e. The first-order chi connectivity index (χ1) is 10.1. The lowest BCUT2D eigenvalue weighted by molar-refractivity contribution is -0.141. The number of carboxylic acids is 1. The second-order valence-corrected chi connectivity index (χ2v) is 5.04. The summed E-state index contributed by atoms with van der Waals surface area (Å²) in [4.78, 5) is 34.4. The Labute approximate surface area is 129 Å². The molecule has 10 N–H and O–H groups in total. The average molecular weight is 318 g/mol. The summed E-state index contributed by atoms with van der Waals surface area (Å²) in [5.41, 5.74) is 16.1. The van der Waals surface area contributed by atoms with Crippen molar-refractivity contribution in [1.82, 2.24) is 16.0 Å². The largest absolute Gasteiger partial charge is 0.480 e. The van der Waals surface area contributed by atoms with Crippen LogP contribution in [0.1, 0.15) is 26.7 Å². The first-order valence-electron chi connectivity index (χ1n) is 6.98. The van der Waals surface area contributed by atoms with E-state index >= 15 is 0 Å². The van der Waals surface area contributed by atoms with Gasteiger partial charge in [-0.25, -0.2) is 0 Å². The highest BCUT2D eigenvalue weighted by molar-refractivity contribution is 5.91. The minimum absolute atomic E-state index is 0.288. The Kier molecular flexibility index (Phi) is 9.26. The van der Waals surface area contributed by atoms with Crippen LogP contribution in [0.3, 0.4) is 0 Å². The topological polar surface area (TPSA) is 186 Å². The van der Waals surface area contributed by atoms with Crippen LogP contribution in [0.15, 0.2) is 0 Å². The van der Waals surface area contributed by atoms with Crippen molar-refractivity contribution < 1.29 is 19.5 Å². The van der Waals surface area contributed by atoms with Crippen molar-refractivity contribution >= 4 is 17.8 Å². The molecule has 128 valence electrons. The molecule has 0 saturated heterocycles. The Morgan fingerprint density at radius 2 is 1.64 bits per heavy atom. The van der Waals surface area contributed by atoms with Crippen molar-refractivity contribution in [2.75, 3.05) is 6.54 Å². The number of hydrogen-bond donors (Lipinski definition) is 7. The third-order valence-corrected chi connectivity index (χ3v) is 2.83. The molecule has 10 nitrogen and oxygen atoms in total. The summed E-state index contributed by atoms with van der Waals surface area (Å²) in [5, 5.41) is 16.4. The summed E-state index contributed by atoms with van der Waals surface area (Å²) >= 11 is 0. The molecule has 0 radical (unpaired) electrons. The molecule has 0 aliphatic heterocycles. The third kappa shape index (κ3) is 8.52. The second kappa shape index (κ2) is 10.1. The molecule has 0 aliphatic rings. The zero-order valence-electron chi connectivity index (χ0n) is 12.8. The molecule has 3 atom stereocenters. The number of carbonyl (C=O) groups is 3. The van der Waals surface area contributed by atoms with Gasteiger partial charge in [0, 0.05) is 0 Å². The van der Waals surface area contributed by atoms with Crippen LogP contribution in [0.4, 0.5) is 0 Å². The van der Waals surface area contributed by atoms with Gasteiger partial charge in [0.1, 0.15) is 18.4 Å². The Hall–Kier alpha value is -1.75. The molecule has 0 aliphatic carbocycles. The zero-order valence-corrected chi connectivity index (χ0v) is 12.8. The van der Waals surface area contributed by atoms with Gasteiger partial charge in [-0.3, -0.25) is 19.7 Å². The van der Waals surface area contributed by atoms with E-state index in [1.54, 1.807) is 0 Å². The fourth-order valence-corrected chi connectivity index (χ4v) is 1.52. The van der Waals surface area contributed by atoms with Gasteiger partial charge in [0.25, 0.3) is 0 Å². The molecule has 0 unspecified atom stereocenters. The summed E-state index contributed by atoms with van der Waals surface area (Å²) in [5.74, 6) is -2.24. The molecule has 2 amide bonds. The molecule has 0 aromatic carbocycles. The minimum atomic E-state index is -1.17. The Morgan fingerprint density at radius 1 is 1.05 bits per heavy atom. The van der Waals surface area contributed by atoms with Crippen LogP contribution < -0.4 is 33.2 Å². The van der Waals surface area contributed by atoms with Gasteiger partial charge in [-0.1, -0.05) is 0 Å². The van der Waals surface area contributed by atoms with Crippen LogP contribution in [-0.4, -0.2) is 53.9 Å². The van der Waals surface area contributed by atoms with E-state index in [1.807, 2.05) is 0 Å². The number of rotatable bonds is 10. The number of amides is 2. The van der Waals surface area contributed by atoms with Crippen LogP contribution in [0.5, 0.6) is 0 Å². The fraction of sp³-hybridized carbons (Fsp3) is 0.750. The summed E-state index contributed by atoms with van der Waals surface area (Å²) in [6.45, 7) is 3.27. The number of carboxylic acid groups (broad SMARTS) is 1. The first-order valence-corrected chi connectivity index (χ1v) is 6.98. The number of nitrogens with two attached hydrogens (primary N) is 3. The molecule has 0 heterocycles. The molecule has 0 fully saturated rings. The lowest BCUT2D eigenvalue weighted by atomic mass is 10.1. The maximum absolute atomic E-state index is 12.0. The summed E-state index contributed by atoms with van der Waals surface area (Å²) in [6, 6.07) is -2.71. The van der Waals surface area contributed by atoms with Crippen molar-refractivity contribution in [2.24, 2.45) is 17.2 Å². The monoisotopic (exact) mass is 318 g/mol. The van der Waals surface area contributed by atoms with E-state index in [0.29, 0.717) is 13.0 Å². The molecule has 0 spiro atoms. The lowest BCUT2D eigenvalue weighted by Gasteiger charge is -2.21. The van der Waals surface area contributed by atoms with Gasteiger partial charge in [0.15, 0.2) is 0 Å². The summed E-state index contributed by atoms with van der Waals surface area (Å²) < 4.78 is 0. The highest BCUT2D eigenvalue weighted by Gasteiger charge is 2.24. The van der Waals surface area contributed by atoms with E-state index in [4.69, 9.17) is 22.3 Å². The van der Waals surface area contributed by atoms with Crippen molar-refractivity contribution in [1.29, 1.82) is 0 Å². The van der Waals surface area contributed by atoms with E-state index in [9.17, 15) is 14.4 Å². The van der Waals surface area contributed by atoms with Crippen LogP contribution >= 0.6 is 0 Å². The Morgan fingerprint density at radius 3 is 2.09 bits per heavy atom. The van der Waals surface area contributed by atoms with Crippen molar-refractivity contribution in [3.05, 3.63) is 0 Å². The van der Waals surface area contributed by atoms with E-state index in [0.717, 1.165) is 0 Å². The molecule has 0 aromatic rings. The Bertz CT molecular complexity index is 388. The van der Waals surface area contributed by atoms with Crippen LogP contribution in [-0.2, 0) is 14.4 Å². The zero-order chi connectivity index (χ0) is 17.3. The number of carbonyl (C=O) groups excluding carboxylic acids is 2. The lowest BCUT2D eigenvalue weighted by Crippen LogP contribution is -2.53.